The van der Waals surface area contributed by atoms with Crippen molar-refractivity contribution < 1.29 is 9.84 Å². The third-order valence-corrected chi connectivity index (χ3v) is 3.60. The van der Waals surface area contributed by atoms with Gasteiger partial charge in [-0.2, -0.15) is 0 Å². The minimum absolute atomic E-state index is 0.216. The van der Waals surface area contributed by atoms with Crippen molar-refractivity contribution in [3.05, 3.63) is 42.1 Å². The second kappa shape index (κ2) is 5.04. The van der Waals surface area contributed by atoms with E-state index in [-0.39, 0.29) is 12.0 Å². The number of fused-ring (bicyclic) bond motifs is 1. The van der Waals surface area contributed by atoms with Gasteiger partial charge in [-0.1, -0.05) is 12.1 Å². The summed E-state index contributed by atoms with van der Waals surface area (Å²) in [6.07, 6.45) is 3.19. The van der Waals surface area contributed by atoms with E-state index in [4.69, 9.17) is 4.74 Å². The fourth-order valence-corrected chi connectivity index (χ4v) is 2.54. The maximum atomic E-state index is 9.95. The molecule has 0 bridgehead atoms. The van der Waals surface area contributed by atoms with Crippen LogP contribution in [0.4, 0.5) is 0 Å². The van der Waals surface area contributed by atoms with E-state index in [0.717, 1.165) is 23.7 Å². The Kier molecular flexibility index (Phi) is 3.26. The molecular formula is C15H17NO2. The number of hydrogen-bond donors (Lipinski definition) is 1. The van der Waals surface area contributed by atoms with Gasteiger partial charge in [-0.3, -0.25) is 4.98 Å². The molecule has 1 aromatic carbocycles. The Morgan fingerprint density at radius 2 is 2.28 bits per heavy atom. The first-order valence-corrected chi connectivity index (χ1v) is 6.42. The van der Waals surface area contributed by atoms with Gasteiger partial charge in [-0.05, 0) is 36.6 Å². The van der Waals surface area contributed by atoms with Gasteiger partial charge in [0.15, 0.2) is 0 Å². The van der Waals surface area contributed by atoms with Gasteiger partial charge in [-0.15, -0.1) is 0 Å². The van der Waals surface area contributed by atoms with Crippen molar-refractivity contribution in [1.29, 1.82) is 0 Å². The first kappa shape index (κ1) is 11.6. The Morgan fingerprint density at radius 3 is 3.17 bits per heavy atom. The van der Waals surface area contributed by atoms with Crippen molar-refractivity contribution in [3.63, 3.8) is 0 Å². The minimum Gasteiger partial charge on any atom is -0.393 e. The van der Waals surface area contributed by atoms with E-state index < -0.39 is 0 Å². The molecule has 1 aliphatic rings. The maximum Gasteiger partial charge on any atom is 0.0702 e. The molecule has 0 aliphatic carbocycles. The summed E-state index contributed by atoms with van der Waals surface area (Å²) in [5.74, 6) is 0.216. The third-order valence-electron chi connectivity index (χ3n) is 3.60. The number of ether oxygens (including phenoxy) is 1. The van der Waals surface area contributed by atoms with Crippen molar-refractivity contribution in [2.45, 2.75) is 18.9 Å². The highest BCUT2D eigenvalue weighted by atomic mass is 16.5. The lowest BCUT2D eigenvalue weighted by Crippen LogP contribution is -2.33. The van der Waals surface area contributed by atoms with E-state index in [1.54, 1.807) is 6.20 Å². The Bertz CT molecular complexity index is 541. The predicted octanol–water partition coefficient (Wildman–Crippen LogP) is 2.17. The average Bonchev–Trinajstić information content (AvgIpc) is 2.41. The van der Waals surface area contributed by atoms with E-state index >= 15 is 0 Å². The Labute approximate surface area is 106 Å². The largest absolute Gasteiger partial charge is 0.393 e. The Hall–Kier alpha value is -1.45. The van der Waals surface area contributed by atoms with Gasteiger partial charge in [0.25, 0.3) is 0 Å². The van der Waals surface area contributed by atoms with E-state index in [1.165, 1.54) is 5.56 Å². The van der Waals surface area contributed by atoms with Crippen LogP contribution in [-0.4, -0.2) is 29.4 Å². The van der Waals surface area contributed by atoms with Gasteiger partial charge < -0.3 is 9.84 Å². The average molecular weight is 243 g/mol. The molecule has 0 spiro atoms. The van der Waals surface area contributed by atoms with Crippen LogP contribution in [0.15, 0.2) is 36.5 Å². The maximum absolute atomic E-state index is 9.95. The summed E-state index contributed by atoms with van der Waals surface area (Å²) < 4.78 is 5.44. The summed E-state index contributed by atoms with van der Waals surface area (Å²) in [5, 5.41) is 11.1. The van der Waals surface area contributed by atoms with Crippen molar-refractivity contribution in [3.8, 4) is 0 Å². The molecule has 2 aromatic rings. The Balaban J connectivity index is 1.81. The molecule has 94 valence electrons. The monoisotopic (exact) mass is 243 g/mol. The summed E-state index contributed by atoms with van der Waals surface area (Å²) in [7, 11) is 0. The fourth-order valence-electron chi connectivity index (χ4n) is 2.54. The van der Waals surface area contributed by atoms with Gasteiger partial charge >= 0.3 is 0 Å². The van der Waals surface area contributed by atoms with E-state index in [0.29, 0.717) is 13.2 Å². The number of aromatic nitrogens is 1. The quantitative estimate of drug-likeness (QED) is 0.879. The highest BCUT2D eigenvalue weighted by molar-refractivity contribution is 5.78. The number of aliphatic hydroxyl groups excluding tert-OH is 1. The molecule has 18 heavy (non-hydrogen) atoms. The van der Waals surface area contributed by atoms with Crippen LogP contribution in [-0.2, 0) is 11.2 Å². The summed E-state index contributed by atoms with van der Waals surface area (Å²) in [5.41, 5.74) is 2.26. The molecule has 2 atom stereocenters. The molecule has 0 radical (unpaired) electrons. The normalized spacial score (nSPS) is 24.3. The molecular weight excluding hydrogens is 226 g/mol. The summed E-state index contributed by atoms with van der Waals surface area (Å²) in [4.78, 5) is 4.31. The standard InChI is InChI=1S/C15H17NO2/c17-15-5-7-18-10-13(15)9-11-3-4-14-12(8-11)2-1-6-16-14/h1-4,6,8,13,15,17H,5,7,9-10H2. The molecule has 2 unspecified atom stereocenters. The van der Waals surface area contributed by atoms with Crippen LogP contribution >= 0.6 is 0 Å². The van der Waals surface area contributed by atoms with Gasteiger partial charge in [0.1, 0.15) is 0 Å². The van der Waals surface area contributed by atoms with E-state index in [2.05, 4.69) is 23.2 Å². The van der Waals surface area contributed by atoms with Crippen LogP contribution in [0, 0.1) is 5.92 Å². The van der Waals surface area contributed by atoms with Crippen LogP contribution in [0.3, 0.4) is 0 Å². The lowest BCUT2D eigenvalue weighted by atomic mass is 9.91. The molecule has 3 rings (SSSR count). The van der Waals surface area contributed by atoms with Crippen LogP contribution < -0.4 is 0 Å². The van der Waals surface area contributed by atoms with Crippen LogP contribution in [0.1, 0.15) is 12.0 Å². The van der Waals surface area contributed by atoms with Gasteiger partial charge in [-0.25, -0.2) is 0 Å². The van der Waals surface area contributed by atoms with Crippen molar-refractivity contribution >= 4 is 10.9 Å². The van der Waals surface area contributed by atoms with Gasteiger partial charge in [0, 0.05) is 24.1 Å². The summed E-state index contributed by atoms with van der Waals surface area (Å²) in [6.45, 7) is 1.34. The zero-order valence-corrected chi connectivity index (χ0v) is 10.2. The number of benzene rings is 1. The molecule has 1 aliphatic heterocycles. The highest BCUT2D eigenvalue weighted by Crippen LogP contribution is 2.21. The van der Waals surface area contributed by atoms with Crippen LogP contribution in [0.25, 0.3) is 10.9 Å². The molecule has 1 fully saturated rings. The summed E-state index contributed by atoms with van der Waals surface area (Å²) in [6, 6.07) is 10.3. The second-order valence-electron chi connectivity index (χ2n) is 4.93. The molecule has 0 saturated carbocycles. The van der Waals surface area contributed by atoms with Gasteiger partial charge in [0.05, 0.1) is 18.2 Å². The minimum atomic E-state index is -0.233. The van der Waals surface area contributed by atoms with E-state index in [1.807, 2.05) is 12.1 Å². The highest BCUT2D eigenvalue weighted by Gasteiger charge is 2.23. The topological polar surface area (TPSA) is 42.4 Å². The summed E-state index contributed by atoms with van der Waals surface area (Å²) >= 11 is 0. The van der Waals surface area contributed by atoms with Crippen molar-refractivity contribution in [2.24, 2.45) is 5.92 Å². The first-order chi connectivity index (χ1) is 8.83. The molecule has 2 heterocycles. The number of nitrogens with zero attached hydrogens (tertiary/aromatic N) is 1. The molecule has 3 nitrogen and oxygen atoms in total. The smallest absolute Gasteiger partial charge is 0.0702 e. The lowest BCUT2D eigenvalue weighted by Gasteiger charge is -2.27. The van der Waals surface area contributed by atoms with Crippen molar-refractivity contribution in [1.82, 2.24) is 4.98 Å². The zero-order chi connectivity index (χ0) is 12.4. The predicted molar refractivity (Wildman–Crippen MR) is 70.4 cm³/mol. The number of pyridine rings is 1. The number of hydrogen-bond acceptors (Lipinski definition) is 3. The molecule has 0 amide bonds. The molecule has 3 heteroatoms. The number of rotatable bonds is 2. The second-order valence-corrected chi connectivity index (χ2v) is 4.93. The third kappa shape index (κ3) is 2.37. The zero-order valence-electron chi connectivity index (χ0n) is 10.2. The molecule has 1 N–H and O–H groups in total. The molecule has 1 aromatic heterocycles. The van der Waals surface area contributed by atoms with Gasteiger partial charge in [0.2, 0.25) is 0 Å². The van der Waals surface area contributed by atoms with E-state index in [9.17, 15) is 5.11 Å². The fraction of sp³-hybridized carbons (Fsp3) is 0.400. The molecule has 1 saturated heterocycles. The van der Waals surface area contributed by atoms with Crippen LogP contribution in [0.2, 0.25) is 0 Å². The number of aliphatic hydroxyl groups is 1. The Morgan fingerprint density at radius 1 is 1.33 bits per heavy atom. The SMILES string of the molecule is OC1CCOCC1Cc1ccc2ncccc2c1. The lowest BCUT2D eigenvalue weighted by molar-refractivity contribution is -0.0350. The van der Waals surface area contributed by atoms with Crippen LogP contribution in [0.5, 0.6) is 0 Å². The van der Waals surface area contributed by atoms with Crippen molar-refractivity contribution in [2.75, 3.05) is 13.2 Å². The first-order valence-electron chi connectivity index (χ1n) is 6.42.